The lowest BCUT2D eigenvalue weighted by atomic mass is 9.70. The highest BCUT2D eigenvalue weighted by molar-refractivity contribution is 5.33. The fourth-order valence-corrected chi connectivity index (χ4v) is 3.31. The van der Waals surface area contributed by atoms with Gasteiger partial charge in [-0.05, 0) is 43.2 Å². The van der Waals surface area contributed by atoms with E-state index in [0.717, 1.165) is 6.42 Å². The first kappa shape index (κ1) is 13.3. The molecule has 0 saturated heterocycles. The van der Waals surface area contributed by atoms with Crippen LogP contribution in [0, 0.1) is 17.7 Å². The lowest BCUT2D eigenvalue weighted by Gasteiger charge is -2.39. The summed E-state index contributed by atoms with van der Waals surface area (Å²) in [7, 11) is 1.51. The molecule has 1 saturated carbocycles. The van der Waals surface area contributed by atoms with Gasteiger partial charge in [0.25, 0.3) is 0 Å². The zero-order valence-electron chi connectivity index (χ0n) is 11.2. The van der Waals surface area contributed by atoms with Crippen LogP contribution < -0.4 is 4.74 Å². The largest absolute Gasteiger partial charge is 0.497 e. The van der Waals surface area contributed by atoms with E-state index in [-0.39, 0.29) is 5.82 Å². The first-order valence-electron chi connectivity index (χ1n) is 6.51. The monoisotopic (exact) mass is 252 g/mol. The smallest absolute Gasteiger partial charge is 0.132 e. The minimum Gasteiger partial charge on any atom is -0.497 e. The highest BCUT2D eigenvalue weighted by atomic mass is 19.1. The number of hydrogen-bond acceptors (Lipinski definition) is 2. The first-order valence-corrected chi connectivity index (χ1v) is 6.51. The van der Waals surface area contributed by atoms with E-state index >= 15 is 0 Å². The second kappa shape index (κ2) is 4.88. The summed E-state index contributed by atoms with van der Waals surface area (Å²) in [6.07, 6.45) is 2.35. The molecule has 1 aromatic rings. The van der Waals surface area contributed by atoms with Gasteiger partial charge in [-0.3, -0.25) is 0 Å². The molecule has 1 fully saturated rings. The predicted octanol–water partition coefficient (Wildman–Crippen LogP) is 3.48. The molecule has 1 N–H and O–H groups in total. The van der Waals surface area contributed by atoms with Crippen LogP contribution in [-0.2, 0) is 5.60 Å². The second-order valence-electron chi connectivity index (χ2n) is 5.73. The molecule has 2 rings (SSSR count). The molecule has 0 bridgehead atoms. The Morgan fingerprint density at radius 1 is 1.28 bits per heavy atom. The van der Waals surface area contributed by atoms with E-state index in [2.05, 4.69) is 13.8 Å². The van der Waals surface area contributed by atoms with Gasteiger partial charge in [0.15, 0.2) is 0 Å². The van der Waals surface area contributed by atoms with E-state index in [1.807, 2.05) is 0 Å². The molecule has 18 heavy (non-hydrogen) atoms. The van der Waals surface area contributed by atoms with Crippen LogP contribution in [0.25, 0.3) is 0 Å². The summed E-state index contributed by atoms with van der Waals surface area (Å²) in [6.45, 7) is 4.23. The normalized spacial score (nSPS) is 32.3. The van der Waals surface area contributed by atoms with Gasteiger partial charge < -0.3 is 9.84 Å². The van der Waals surface area contributed by atoms with Gasteiger partial charge in [-0.1, -0.05) is 13.8 Å². The van der Waals surface area contributed by atoms with Crippen LogP contribution in [0.5, 0.6) is 5.75 Å². The number of ether oxygens (including phenoxy) is 1. The topological polar surface area (TPSA) is 29.5 Å². The van der Waals surface area contributed by atoms with Crippen LogP contribution in [0.1, 0.15) is 38.7 Å². The molecule has 0 heterocycles. The summed E-state index contributed by atoms with van der Waals surface area (Å²) in [5.74, 6) is 0.940. The number of hydrogen-bond donors (Lipinski definition) is 1. The summed E-state index contributed by atoms with van der Waals surface area (Å²) in [4.78, 5) is 0. The van der Waals surface area contributed by atoms with Crippen molar-refractivity contribution in [3.8, 4) is 5.75 Å². The third-order valence-electron chi connectivity index (χ3n) is 3.85. The van der Waals surface area contributed by atoms with Crippen molar-refractivity contribution in [3.05, 3.63) is 29.6 Å². The SMILES string of the molecule is COc1ccc(C2(O)CC(C)CC(C)C2)c(F)c1. The van der Waals surface area contributed by atoms with E-state index in [1.54, 1.807) is 12.1 Å². The average molecular weight is 252 g/mol. The van der Waals surface area contributed by atoms with Crippen LogP contribution in [0.3, 0.4) is 0 Å². The van der Waals surface area contributed by atoms with Crippen molar-refractivity contribution in [2.24, 2.45) is 11.8 Å². The Morgan fingerprint density at radius 2 is 1.89 bits per heavy atom. The highest BCUT2D eigenvalue weighted by Crippen LogP contribution is 2.43. The number of aliphatic hydroxyl groups is 1. The Hall–Kier alpha value is -1.09. The van der Waals surface area contributed by atoms with Crippen molar-refractivity contribution in [2.45, 2.75) is 38.7 Å². The van der Waals surface area contributed by atoms with Crippen LogP contribution in [-0.4, -0.2) is 12.2 Å². The third kappa shape index (κ3) is 2.51. The zero-order chi connectivity index (χ0) is 13.3. The lowest BCUT2D eigenvalue weighted by Crippen LogP contribution is -2.36. The van der Waals surface area contributed by atoms with Gasteiger partial charge in [-0.15, -0.1) is 0 Å². The molecule has 0 radical (unpaired) electrons. The Morgan fingerprint density at radius 3 is 2.39 bits per heavy atom. The molecule has 2 unspecified atom stereocenters. The van der Waals surface area contributed by atoms with Crippen LogP contribution in [0.2, 0.25) is 0 Å². The van der Waals surface area contributed by atoms with Gasteiger partial charge in [0, 0.05) is 11.6 Å². The zero-order valence-corrected chi connectivity index (χ0v) is 11.2. The fourth-order valence-electron chi connectivity index (χ4n) is 3.31. The molecule has 0 spiro atoms. The number of benzene rings is 1. The quantitative estimate of drug-likeness (QED) is 0.873. The van der Waals surface area contributed by atoms with Crippen molar-refractivity contribution in [1.29, 1.82) is 0 Å². The molecule has 0 aromatic heterocycles. The molecule has 0 amide bonds. The van der Waals surface area contributed by atoms with E-state index in [9.17, 15) is 9.50 Å². The Balaban J connectivity index is 2.34. The lowest BCUT2D eigenvalue weighted by molar-refractivity contribution is -0.0388. The fraction of sp³-hybridized carbons (Fsp3) is 0.600. The molecule has 0 aliphatic heterocycles. The maximum Gasteiger partial charge on any atom is 0.132 e. The number of halogens is 1. The summed E-state index contributed by atoms with van der Waals surface area (Å²) < 4.78 is 19.1. The molecular formula is C15H21FO2. The Labute approximate surface area is 108 Å². The van der Waals surface area contributed by atoms with Crippen LogP contribution in [0.15, 0.2) is 18.2 Å². The minimum absolute atomic E-state index is 0.377. The molecule has 2 atom stereocenters. The Kier molecular flexibility index (Phi) is 3.62. The van der Waals surface area contributed by atoms with Gasteiger partial charge in [0.1, 0.15) is 11.6 Å². The van der Waals surface area contributed by atoms with E-state index < -0.39 is 5.60 Å². The van der Waals surface area contributed by atoms with Crippen molar-refractivity contribution < 1.29 is 14.2 Å². The molecule has 3 heteroatoms. The summed E-state index contributed by atoms with van der Waals surface area (Å²) in [5, 5.41) is 10.7. The second-order valence-corrected chi connectivity index (χ2v) is 5.73. The van der Waals surface area contributed by atoms with Crippen LogP contribution >= 0.6 is 0 Å². The van der Waals surface area contributed by atoms with Gasteiger partial charge in [-0.2, -0.15) is 0 Å². The van der Waals surface area contributed by atoms with E-state index in [0.29, 0.717) is 36.0 Å². The van der Waals surface area contributed by atoms with Gasteiger partial charge in [0.05, 0.1) is 12.7 Å². The number of methoxy groups -OCH3 is 1. The van der Waals surface area contributed by atoms with Crippen molar-refractivity contribution in [2.75, 3.05) is 7.11 Å². The summed E-state index contributed by atoms with van der Waals surface area (Å²) in [6, 6.07) is 4.70. The average Bonchev–Trinajstić information content (AvgIpc) is 2.26. The van der Waals surface area contributed by atoms with E-state index in [4.69, 9.17) is 4.74 Å². The standard InChI is InChI=1S/C15H21FO2/c1-10-6-11(2)9-15(17,8-10)13-5-4-12(18-3)7-14(13)16/h4-5,7,10-11,17H,6,8-9H2,1-3H3. The van der Waals surface area contributed by atoms with Crippen molar-refractivity contribution in [1.82, 2.24) is 0 Å². The highest BCUT2D eigenvalue weighted by Gasteiger charge is 2.39. The first-order chi connectivity index (χ1) is 8.44. The van der Waals surface area contributed by atoms with Gasteiger partial charge in [-0.25, -0.2) is 4.39 Å². The van der Waals surface area contributed by atoms with Crippen molar-refractivity contribution >= 4 is 0 Å². The maximum absolute atomic E-state index is 14.1. The molecular weight excluding hydrogens is 231 g/mol. The number of rotatable bonds is 2. The Bertz CT molecular complexity index is 421. The van der Waals surface area contributed by atoms with E-state index in [1.165, 1.54) is 13.2 Å². The van der Waals surface area contributed by atoms with Gasteiger partial charge >= 0.3 is 0 Å². The summed E-state index contributed by atoms with van der Waals surface area (Å²) in [5.41, 5.74) is -0.630. The molecule has 1 aliphatic carbocycles. The summed E-state index contributed by atoms with van der Waals surface area (Å²) >= 11 is 0. The molecule has 100 valence electrons. The van der Waals surface area contributed by atoms with Crippen molar-refractivity contribution in [3.63, 3.8) is 0 Å². The maximum atomic E-state index is 14.1. The molecule has 2 nitrogen and oxygen atoms in total. The minimum atomic E-state index is -1.03. The van der Waals surface area contributed by atoms with Crippen LogP contribution in [0.4, 0.5) is 4.39 Å². The van der Waals surface area contributed by atoms with Gasteiger partial charge in [0.2, 0.25) is 0 Å². The molecule has 1 aliphatic rings. The molecule has 1 aromatic carbocycles. The predicted molar refractivity (Wildman–Crippen MR) is 69.0 cm³/mol. The third-order valence-corrected chi connectivity index (χ3v) is 3.85.